The van der Waals surface area contributed by atoms with Gasteiger partial charge in [0.1, 0.15) is 5.82 Å². The molecule has 1 aliphatic heterocycles. The van der Waals surface area contributed by atoms with Crippen LogP contribution in [0.15, 0.2) is 18.3 Å². The van der Waals surface area contributed by atoms with E-state index >= 15 is 0 Å². The van der Waals surface area contributed by atoms with Crippen molar-refractivity contribution in [2.24, 2.45) is 5.92 Å². The summed E-state index contributed by atoms with van der Waals surface area (Å²) in [5, 5.41) is 3.49. The zero-order valence-corrected chi connectivity index (χ0v) is 14.0. The number of rotatable bonds is 7. The van der Waals surface area contributed by atoms with E-state index in [1.807, 2.05) is 6.20 Å². The largest absolute Gasteiger partial charge is 0.358 e. The second-order valence-corrected chi connectivity index (χ2v) is 6.70. The molecule has 0 aliphatic carbocycles. The highest BCUT2D eigenvalue weighted by molar-refractivity contribution is 5.40. The van der Waals surface area contributed by atoms with Gasteiger partial charge < -0.3 is 15.1 Å². The van der Waals surface area contributed by atoms with Gasteiger partial charge in [0.25, 0.3) is 0 Å². The van der Waals surface area contributed by atoms with E-state index in [0.29, 0.717) is 12.0 Å². The number of anilines is 1. The predicted octanol–water partition coefficient (Wildman–Crippen LogP) is 2.36. The molecular weight excluding hydrogens is 260 g/mol. The third-order valence-electron chi connectivity index (χ3n) is 4.24. The van der Waals surface area contributed by atoms with E-state index in [-0.39, 0.29) is 0 Å². The predicted molar refractivity (Wildman–Crippen MR) is 89.7 cm³/mol. The molecule has 0 amide bonds. The third kappa shape index (κ3) is 4.97. The molecule has 118 valence electrons. The summed E-state index contributed by atoms with van der Waals surface area (Å²) in [6, 6.07) is 4.98. The third-order valence-corrected chi connectivity index (χ3v) is 4.24. The Bertz CT molecular complexity index is 433. The molecule has 0 bridgehead atoms. The quantitative estimate of drug-likeness (QED) is 0.835. The first-order valence-corrected chi connectivity index (χ1v) is 8.13. The fraction of sp³-hybridized carbons (Fsp3) is 0.706. The van der Waals surface area contributed by atoms with Crippen molar-refractivity contribution in [2.75, 3.05) is 38.6 Å². The van der Waals surface area contributed by atoms with E-state index in [9.17, 15) is 0 Å². The van der Waals surface area contributed by atoms with Crippen molar-refractivity contribution in [1.82, 2.24) is 15.2 Å². The monoisotopic (exact) mass is 290 g/mol. The van der Waals surface area contributed by atoms with Crippen LogP contribution < -0.4 is 10.2 Å². The molecule has 0 radical (unpaired) electrons. The van der Waals surface area contributed by atoms with Crippen LogP contribution in [0.3, 0.4) is 0 Å². The van der Waals surface area contributed by atoms with Crippen molar-refractivity contribution in [2.45, 2.75) is 39.3 Å². The maximum atomic E-state index is 4.53. The van der Waals surface area contributed by atoms with Crippen LogP contribution in [0.25, 0.3) is 0 Å². The van der Waals surface area contributed by atoms with Gasteiger partial charge >= 0.3 is 0 Å². The molecule has 1 aliphatic rings. The molecule has 2 rings (SSSR count). The van der Waals surface area contributed by atoms with E-state index in [1.165, 1.54) is 24.9 Å². The summed E-state index contributed by atoms with van der Waals surface area (Å²) < 4.78 is 0. The minimum Gasteiger partial charge on any atom is -0.358 e. The summed E-state index contributed by atoms with van der Waals surface area (Å²) in [6.45, 7) is 8.73. The second-order valence-electron chi connectivity index (χ2n) is 6.70. The zero-order chi connectivity index (χ0) is 15.2. The molecule has 0 spiro atoms. The Morgan fingerprint density at radius 3 is 2.95 bits per heavy atom. The Morgan fingerprint density at radius 2 is 2.29 bits per heavy atom. The summed E-state index contributed by atoms with van der Waals surface area (Å²) in [6.07, 6.45) is 4.55. The van der Waals surface area contributed by atoms with Gasteiger partial charge in [-0.3, -0.25) is 0 Å². The van der Waals surface area contributed by atoms with E-state index in [1.54, 1.807) is 0 Å². The normalized spacial score (nSPS) is 19.4. The maximum absolute atomic E-state index is 4.53. The van der Waals surface area contributed by atoms with Gasteiger partial charge in [-0.2, -0.15) is 0 Å². The van der Waals surface area contributed by atoms with Crippen LogP contribution in [0.4, 0.5) is 5.82 Å². The molecular formula is C17H30N4. The fourth-order valence-corrected chi connectivity index (χ4v) is 2.90. The smallest absolute Gasteiger partial charge is 0.128 e. The number of nitrogens with one attached hydrogen (secondary N) is 1. The first-order valence-electron chi connectivity index (χ1n) is 8.13. The highest BCUT2D eigenvalue weighted by atomic mass is 15.2. The molecule has 4 heteroatoms. The molecule has 1 N–H and O–H groups in total. The Balaban J connectivity index is 1.89. The molecule has 1 aromatic heterocycles. The van der Waals surface area contributed by atoms with Crippen molar-refractivity contribution in [3.05, 3.63) is 23.9 Å². The van der Waals surface area contributed by atoms with E-state index in [2.05, 4.69) is 60.2 Å². The number of aromatic nitrogens is 1. The second kappa shape index (κ2) is 7.76. The van der Waals surface area contributed by atoms with Gasteiger partial charge in [0.15, 0.2) is 0 Å². The molecule has 1 unspecified atom stereocenters. The zero-order valence-electron chi connectivity index (χ0n) is 14.0. The number of nitrogens with zero attached hydrogens (tertiary/aromatic N) is 3. The van der Waals surface area contributed by atoms with E-state index in [0.717, 1.165) is 25.5 Å². The number of hydrogen-bond donors (Lipinski definition) is 1. The van der Waals surface area contributed by atoms with Gasteiger partial charge in [-0.25, -0.2) is 4.98 Å². The first kappa shape index (κ1) is 16.2. The van der Waals surface area contributed by atoms with Gasteiger partial charge in [0.05, 0.1) is 0 Å². The lowest BCUT2D eigenvalue weighted by Gasteiger charge is -2.26. The van der Waals surface area contributed by atoms with Crippen LogP contribution in [0, 0.1) is 5.92 Å². The summed E-state index contributed by atoms with van der Waals surface area (Å²) in [4.78, 5) is 9.28. The SMILES string of the molecule is CC(C)CNCc1ccnc(N(C)CC2CCCN2C)c1. The average Bonchev–Trinajstić information content (AvgIpc) is 2.84. The molecule has 1 saturated heterocycles. The number of pyridine rings is 1. The van der Waals surface area contributed by atoms with Crippen molar-refractivity contribution in [3.8, 4) is 0 Å². The van der Waals surface area contributed by atoms with Gasteiger partial charge in [-0.15, -0.1) is 0 Å². The molecule has 0 aromatic carbocycles. The topological polar surface area (TPSA) is 31.4 Å². The number of hydrogen-bond acceptors (Lipinski definition) is 4. The Labute approximate surface area is 129 Å². The van der Waals surface area contributed by atoms with Crippen molar-refractivity contribution >= 4 is 5.82 Å². The van der Waals surface area contributed by atoms with Crippen LogP contribution in [0.1, 0.15) is 32.3 Å². The highest BCUT2D eigenvalue weighted by Crippen LogP contribution is 2.18. The lowest BCUT2D eigenvalue weighted by atomic mass is 10.2. The van der Waals surface area contributed by atoms with Gasteiger partial charge in [-0.1, -0.05) is 13.8 Å². The summed E-state index contributed by atoms with van der Waals surface area (Å²) in [5.74, 6) is 1.77. The number of likely N-dealkylation sites (tertiary alicyclic amines) is 1. The molecule has 1 fully saturated rings. The van der Waals surface area contributed by atoms with Gasteiger partial charge in [-0.05, 0) is 56.6 Å². The molecule has 2 heterocycles. The summed E-state index contributed by atoms with van der Waals surface area (Å²) in [5.41, 5.74) is 1.31. The Hall–Kier alpha value is -1.13. The highest BCUT2D eigenvalue weighted by Gasteiger charge is 2.22. The molecule has 21 heavy (non-hydrogen) atoms. The number of likely N-dealkylation sites (N-methyl/N-ethyl adjacent to an activating group) is 2. The van der Waals surface area contributed by atoms with Crippen molar-refractivity contribution in [3.63, 3.8) is 0 Å². The standard InChI is InChI=1S/C17H30N4/c1-14(2)11-18-12-15-7-8-19-17(10-15)21(4)13-16-6-5-9-20(16)3/h7-8,10,14,16,18H,5-6,9,11-13H2,1-4H3. The average molecular weight is 290 g/mol. The van der Waals surface area contributed by atoms with E-state index in [4.69, 9.17) is 0 Å². The minimum atomic E-state index is 0.666. The van der Waals surface area contributed by atoms with Gasteiger partial charge in [0, 0.05) is 32.4 Å². The molecule has 1 aromatic rings. The molecule has 1 atom stereocenters. The van der Waals surface area contributed by atoms with Crippen LogP contribution in [-0.4, -0.2) is 49.7 Å². The van der Waals surface area contributed by atoms with Crippen molar-refractivity contribution in [1.29, 1.82) is 0 Å². The van der Waals surface area contributed by atoms with Gasteiger partial charge in [0.2, 0.25) is 0 Å². The lowest BCUT2D eigenvalue weighted by Crippen LogP contribution is -2.37. The van der Waals surface area contributed by atoms with E-state index < -0.39 is 0 Å². The summed E-state index contributed by atoms with van der Waals surface area (Å²) >= 11 is 0. The Morgan fingerprint density at radius 1 is 1.48 bits per heavy atom. The Kier molecular flexibility index (Phi) is 6.00. The fourth-order valence-electron chi connectivity index (χ4n) is 2.90. The van der Waals surface area contributed by atoms with Crippen LogP contribution in [0.2, 0.25) is 0 Å². The van der Waals surface area contributed by atoms with Crippen LogP contribution >= 0.6 is 0 Å². The van der Waals surface area contributed by atoms with Crippen molar-refractivity contribution < 1.29 is 0 Å². The maximum Gasteiger partial charge on any atom is 0.128 e. The first-order chi connectivity index (χ1) is 10.1. The minimum absolute atomic E-state index is 0.666. The summed E-state index contributed by atoms with van der Waals surface area (Å²) in [7, 11) is 4.38. The van der Waals surface area contributed by atoms with Crippen LogP contribution in [-0.2, 0) is 6.54 Å². The van der Waals surface area contributed by atoms with Crippen LogP contribution in [0.5, 0.6) is 0 Å². The molecule has 0 saturated carbocycles. The lowest BCUT2D eigenvalue weighted by molar-refractivity contribution is 0.314. The molecule has 4 nitrogen and oxygen atoms in total.